The predicted octanol–water partition coefficient (Wildman–Crippen LogP) is 2.58. The second kappa shape index (κ2) is 3.85. The molecule has 1 amide bonds. The van der Waals surface area contributed by atoms with Crippen molar-refractivity contribution in [2.24, 2.45) is 0 Å². The number of fused-ring (bicyclic) bond motifs is 1. The monoisotopic (exact) mass is 269 g/mol. The lowest BCUT2D eigenvalue weighted by atomic mass is 10.2. The highest BCUT2D eigenvalue weighted by atomic mass is 79.9. The summed E-state index contributed by atoms with van der Waals surface area (Å²) in [6, 6.07) is 5.69. The molecule has 0 fully saturated rings. The molecule has 15 heavy (non-hydrogen) atoms. The molecule has 1 unspecified atom stereocenters. The molecule has 0 aromatic heterocycles. The van der Waals surface area contributed by atoms with Gasteiger partial charge in [0.2, 0.25) is 5.91 Å². The third-order valence-electron chi connectivity index (χ3n) is 2.45. The maximum absolute atomic E-state index is 11.7. The van der Waals surface area contributed by atoms with Crippen molar-refractivity contribution in [2.45, 2.75) is 19.4 Å². The van der Waals surface area contributed by atoms with Gasteiger partial charge in [0.05, 0.1) is 12.1 Å². The van der Waals surface area contributed by atoms with Crippen LogP contribution in [0.3, 0.4) is 0 Å². The minimum atomic E-state index is -0.0672. The van der Waals surface area contributed by atoms with Gasteiger partial charge in [0.25, 0.3) is 0 Å². The van der Waals surface area contributed by atoms with Crippen molar-refractivity contribution in [3.63, 3.8) is 0 Å². The van der Waals surface area contributed by atoms with Gasteiger partial charge in [-0.25, -0.2) is 0 Å². The van der Waals surface area contributed by atoms with E-state index < -0.39 is 0 Å². The number of hydrogen-bond acceptors (Lipinski definition) is 2. The number of amides is 1. The van der Waals surface area contributed by atoms with Crippen molar-refractivity contribution in [1.29, 1.82) is 0 Å². The molecule has 0 aliphatic carbocycles. The third-order valence-corrected chi connectivity index (χ3v) is 2.94. The van der Waals surface area contributed by atoms with Crippen LogP contribution in [0.2, 0.25) is 0 Å². The molecule has 0 bridgehead atoms. The summed E-state index contributed by atoms with van der Waals surface area (Å²) in [5.41, 5.74) is 0.818. The summed E-state index contributed by atoms with van der Waals surface area (Å²) in [5, 5.41) is 0. The number of rotatable bonds is 0. The van der Waals surface area contributed by atoms with E-state index in [0.29, 0.717) is 6.42 Å². The zero-order chi connectivity index (χ0) is 11.0. The van der Waals surface area contributed by atoms with Crippen LogP contribution in [0.1, 0.15) is 13.3 Å². The Morgan fingerprint density at radius 3 is 3.00 bits per heavy atom. The van der Waals surface area contributed by atoms with Crippen LogP contribution in [0, 0.1) is 0 Å². The number of benzene rings is 1. The maximum Gasteiger partial charge on any atom is 0.230 e. The van der Waals surface area contributed by atoms with E-state index in [9.17, 15) is 4.79 Å². The molecular formula is C11H12BrNO2. The van der Waals surface area contributed by atoms with Crippen molar-refractivity contribution in [3.8, 4) is 5.75 Å². The molecule has 1 atom stereocenters. The van der Waals surface area contributed by atoms with Crippen LogP contribution < -0.4 is 9.64 Å². The number of nitrogens with zero attached hydrogens (tertiary/aromatic N) is 1. The van der Waals surface area contributed by atoms with E-state index in [0.717, 1.165) is 15.9 Å². The van der Waals surface area contributed by atoms with Crippen LogP contribution in [0.4, 0.5) is 5.69 Å². The molecule has 0 radical (unpaired) electrons. The first-order valence-electron chi connectivity index (χ1n) is 4.80. The summed E-state index contributed by atoms with van der Waals surface area (Å²) in [6.07, 6.45) is 0.352. The van der Waals surface area contributed by atoms with Crippen LogP contribution in [-0.2, 0) is 4.79 Å². The molecule has 80 valence electrons. The minimum Gasteiger partial charge on any atom is -0.488 e. The molecular weight excluding hydrogens is 258 g/mol. The van der Waals surface area contributed by atoms with E-state index >= 15 is 0 Å². The lowest BCUT2D eigenvalue weighted by Crippen LogP contribution is -2.27. The molecule has 0 saturated carbocycles. The van der Waals surface area contributed by atoms with E-state index in [-0.39, 0.29) is 12.0 Å². The molecule has 0 N–H and O–H groups in total. The Labute approximate surface area is 97.2 Å². The first kappa shape index (κ1) is 10.5. The normalized spacial score (nSPS) is 20.6. The van der Waals surface area contributed by atoms with Crippen LogP contribution in [-0.4, -0.2) is 19.1 Å². The molecule has 1 aromatic carbocycles. The molecule has 1 aliphatic heterocycles. The molecule has 1 aliphatic rings. The van der Waals surface area contributed by atoms with Crippen LogP contribution in [0.5, 0.6) is 5.75 Å². The molecule has 1 heterocycles. The van der Waals surface area contributed by atoms with Crippen molar-refractivity contribution in [3.05, 3.63) is 22.7 Å². The Bertz CT molecular complexity index is 406. The van der Waals surface area contributed by atoms with Gasteiger partial charge in [0.1, 0.15) is 11.9 Å². The average Bonchev–Trinajstić information content (AvgIpc) is 2.27. The Morgan fingerprint density at radius 2 is 2.27 bits per heavy atom. The summed E-state index contributed by atoms with van der Waals surface area (Å²) >= 11 is 3.38. The van der Waals surface area contributed by atoms with E-state index in [4.69, 9.17) is 4.74 Å². The lowest BCUT2D eigenvalue weighted by Gasteiger charge is -2.16. The number of hydrogen-bond donors (Lipinski definition) is 0. The number of ether oxygens (including phenoxy) is 1. The molecule has 3 nitrogen and oxygen atoms in total. The van der Waals surface area contributed by atoms with Gasteiger partial charge < -0.3 is 9.64 Å². The Morgan fingerprint density at radius 1 is 1.53 bits per heavy atom. The first-order valence-corrected chi connectivity index (χ1v) is 5.60. The maximum atomic E-state index is 11.7. The van der Waals surface area contributed by atoms with Crippen LogP contribution >= 0.6 is 15.9 Å². The molecule has 2 rings (SSSR count). The van der Waals surface area contributed by atoms with Crippen LogP contribution in [0.25, 0.3) is 0 Å². The molecule has 0 spiro atoms. The predicted molar refractivity (Wildman–Crippen MR) is 62.3 cm³/mol. The summed E-state index contributed by atoms with van der Waals surface area (Å²) in [5.74, 6) is 0.846. The lowest BCUT2D eigenvalue weighted by molar-refractivity contribution is -0.119. The van der Waals surface area contributed by atoms with Crippen molar-refractivity contribution in [2.75, 3.05) is 11.9 Å². The Balaban J connectivity index is 2.50. The van der Waals surface area contributed by atoms with Crippen molar-refractivity contribution in [1.82, 2.24) is 0 Å². The quantitative estimate of drug-likeness (QED) is 0.725. The number of carbonyl (C=O) groups excluding carboxylic acids is 1. The molecule has 0 saturated heterocycles. The Hall–Kier alpha value is -1.03. The number of anilines is 1. The van der Waals surface area contributed by atoms with E-state index in [1.54, 1.807) is 11.9 Å². The highest BCUT2D eigenvalue weighted by Gasteiger charge is 2.23. The minimum absolute atomic E-state index is 0.0672. The van der Waals surface area contributed by atoms with Crippen molar-refractivity contribution < 1.29 is 9.53 Å². The SMILES string of the molecule is CC1CC(=O)N(C)c2cc(Br)ccc2O1. The van der Waals surface area contributed by atoms with E-state index in [2.05, 4.69) is 15.9 Å². The second-order valence-corrected chi connectivity index (χ2v) is 4.61. The zero-order valence-corrected chi connectivity index (χ0v) is 10.2. The van der Waals surface area contributed by atoms with Crippen LogP contribution in [0.15, 0.2) is 22.7 Å². The van der Waals surface area contributed by atoms with Gasteiger partial charge in [-0.2, -0.15) is 0 Å². The highest BCUT2D eigenvalue weighted by Crippen LogP contribution is 2.34. The van der Waals surface area contributed by atoms with Gasteiger partial charge in [0, 0.05) is 11.5 Å². The van der Waals surface area contributed by atoms with Gasteiger partial charge in [-0.1, -0.05) is 15.9 Å². The zero-order valence-electron chi connectivity index (χ0n) is 8.66. The van der Waals surface area contributed by atoms with Crippen molar-refractivity contribution >= 4 is 27.5 Å². The Kier molecular flexibility index (Phi) is 2.69. The van der Waals surface area contributed by atoms with Gasteiger partial charge in [0.15, 0.2) is 0 Å². The summed E-state index contributed by atoms with van der Waals surface area (Å²) < 4.78 is 6.61. The molecule has 1 aromatic rings. The first-order chi connectivity index (χ1) is 7.08. The number of halogens is 1. The average molecular weight is 270 g/mol. The van der Waals surface area contributed by atoms with Gasteiger partial charge >= 0.3 is 0 Å². The standard InChI is InChI=1S/C11H12BrNO2/c1-7-5-11(14)13(2)9-6-8(12)3-4-10(9)15-7/h3-4,6-7H,5H2,1-2H3. The largest absolute Gasteiger partial charge is 0.488 e. The fourth-order valence-corrected chi connectivity index (χ4v) is 1.98. The second-order valence-electron chi connectivity index (χ2n) is 3.70. The number of carbonyl (C=O) groups is 1. The molecule has 4 heteroatoms. The fourth-order valence-electron chi connectivity index (χ4n) is 1.63. The highest BCUT2D eigenvalue weighted by molar-refractivity contribution is 9.10. The van der Waals surface area contributed by atoms with Gasteiger partial charge in [-0.15, -0.1) is 0 Å². The summed E-state index contributed by atoms with van der Waals surface area (Å²) in [4.78, 5) is 13.4. The van der Waals surface area contributed by atoms with E-state index in [1.165, 1.54) is 0 Å². The topological polar surface area (TPSA) is 29.5 Å². The fraction of sp³-hybridized carbons (Fsp3) is 0.364. The van der Waals surface area contributed by atoms with Gasteiger partial charge in [-0.05, 0) is 25.1 Å². The van der Waals surface area contributed by atoms with Gasteiger partial charge in [-0.3, -0.25) is 4.79 Å². The summed E-state index contributed by atoms with van der Waals surface area (Å²) in [7, 11) is 1.77. The third kappa shape index (κ3) is 2.00. The smallest absolute Gasteiger partial charge is 0.230 e. The summed E-state index contributed by atoms with van der Waals surface area (Å²) in [6.45, 7) is 1.91. The van der Waals surface area contributed by atoms with E-state index in [1.807, 2.05) is 25.1 Å².